The summed E-state index contributed by atoms with van der Waals surface area (Å²) in [6.07, 6.45) is 1.09. The Morgan fingerprint density at radius 1 is 1.33 bits per heavy atom. The second-order valence-corrected chi connectivity index (χ2v) is 7.87. The van der Waals surface area contributed by atoms with Crippen molar-refractivity contribution in [2.75, 3.05) is 17.8 Å². The van der Waals surface area contributed by atoms with Crippen molar-refractivity contribution in [1.29, 1.82) is 0 Å². The Morgan fingerprint density at radius 2 is 2.00 bits per heavy atom. The Bertz CT molecular complexity index is 543. The zero-order valence-corrected chi connectivity index (χ0v) is 11.7. The molecule has 0 heterocycles. The molecular weight excluding hydrogens is 277 g/mol. The molecule has 0 fully saturated rings. The van der Waals surface area contributed by atoms with Crippen LogP contribution in [0, 0.1) is 5.82 Å². The molecule has 7 heteroatoms. The summed E-state index contributed by atoms with van der Waals surface area (Å²) in [7, 11) is -4.47. The van der Waals surface area contributed by atoms with Gasteiger partial charge in [0.1, 0.15) is 15.7 Å². The Hall–Kier alpha value is -0.790. The van der Waals surface area contributed by atoms with Gasteiger partial charge in [-0.3, -0.25) is 4.21 Å². The highest BCUT2D eigenvalue weighted by molar-refractivity contribution is 7.92. The highest BCUT2D eigenvalue weighted by atomic mass is 32.2. The van der Waals surface area contributed by atoms with E-state index in [0.29, 0.717) is 5.56 Å². The van der Waals surface area contributed by atoms with Gasteiger partial charge in [0.25, 0.3) is 0 Å². The lowest BCUT2D eigenvalue weighted by molar-refractivity contribution is 0.602. The van der Waals surface area contributed by atoms with Gasteiger partial charge in [0, 0.05) is 35.1 Å². The molecule has 102 valence electrons. The number of benzene rings is 1. The monoisotopic (exact) mass is 293 g/mol. The van der Waals surface area contributed by atoms with Crippen LogP contribution < -0.4 is 5.73 Å². The van der Waals surface area contributed by atoms with Crippen molar-refractivity contribution in [2.24, 2.45) is 5.73 Å². The van der Waals surface area contributed by atoms with Gasteiger partial charge in [-0.2, -0.15) is 0 Å². The Morgan fingerprint density at radius 3 is 2.56 bits per heavy atom. The van der Waals surface area contributed by atoms with Crippen molar-refractivity contribution in [3.05, 3.63) is 35.1 Å². The number of hydrogen-bond donors (Lipinski definition) is 1. The highest BCUT2D eigenvalue weighted by Gasteiger charge is 2.10. The van der Waals surface area contributed by atoms with E-state index in [1.807, 2.05) is 0 Å². The van der Waals surface area contributed by atoms with Gasteiger partial charge < -0.3 is 5.73 Å². The van der Waals surface area contributed by atoms with Crippen LogP contribution in [0.3, 0.4) is 0 Å². The summed E-state index contributed by atoms with van der Waals surface area (Å²) in [6, 6.07) is 4.14. The van der Waals surface area contributed by atoms with Crippen molar-refractivity contribution in [3.63, 3.8) is 0 Å². The first-order chi connectivity index (χ1) is 8.31. The summed E-state index contributed by atoms with van der Waals surface area (Å²) in [4.78, 5) is 0. The van der Waals surface area contributed by atoms with Crippen LogP contribution >= 0.6 is 0 Å². The number of rotatable bonds is 6. The summed E-state index contributed by atoms with van der Waals surface area (Å²) < 4.78 is 46.7. The maximum atomic E-state index is 13.1. The number of sulfone groups is 1. The van der Waals surface area contributed by atoms with Crippen LogP contribution in [0.4, 0.5) is 4.39 Å². The largest absolute Gasteiger partial charge is 0.326 e. The molecule has 0 spiro atoms. The molecule has 18 heavy (non-hydrogen) atoms. The van der Waals surface area contributed by atoms with Crippen molar-refractivity contribution in [3.8, 4) is 0 Å². The average Bonchev–Trinajstić information content (AvgIpc) is 2.26. The van der Waals surface area contributed by atoms with Crippen LogP contribution in [0.1, 0.15) is 11.1 Å². The number of halogens is 1. The minimum atomic E-state index is -3.13. The van der Waals surface area contributed by atoms with E-state index in [2.05, 4.69) is 0 Å². The van der Waals surface area contributed by atoms with Crippen molar-refractivity contribution < 1.29 is 17.0 Å². The molecule has 1 unspecified atom stereocenters. The second kappa shape index (κ2) is 6.40. The van der Waals surface area contributed by atoms with Gasteiger partial charge in [-0.25, -0.2) is 12.8 Å². The van der Waals surface area contributed by atoms with Crippen LogP contribution in [0.5, 0.6) is 0 Å². The first kappa shape index (κ1) is 15.3. The quantitative estimate of drug-likeness (QED) is 0.832. The smallest absolute Gasteiger partial charge is 0.148 e. The van der Waals surface area contributed by atoms with Crippen LogP contribution in [-0.4, -0.2) is 30.4 Å². The van der Waals surface area contributed by atoms with Gasteiger partial charge in [0.05, 0.1) is 5.75 Å². The summed E-state index contributed by atoms with van der Waals surface area (Å²) in [6.45, 7) is 0.235. The molecule has 0 bridgehead atoms. The first-order valence-electron chi connectivity index (χ1n) is 5.32. The zero-order valence-electron chi connectivity index (χ0n) is 10.1. The molecule has 1 atom stereocenters. The van der Waals surface area contributed by atoms with Gasteiger partial charge in [-0.1, -0.05) is 6.07 Å². The maximum Gasteiger partial charge on any atom is 0.148 e. The normalized spacial score (nSPS) is 13.5. The van der Waals surface area contributed by atoms with E-state index in [1.165, 1.54) is 12.1 Å². The van der Waals surface area contributed by atoms with E-state index < -0.39 is 26.5 Å². The molecule has 4 nitrogen and oxygen atoms in total. The molecule has 0 amide bonds. The Kier molecular flexibility index (Phi) is 5.43. The van der Waals surface area contributed by atoms with Crippen LogP contribution in [0.15, 0.2) is 18.2 Å². The number of hydrogen-bond acceptors (Lipinski definition) is 4. The van der Waals surface area contributed by atoms with Crippen molar-refractivity contribution in [1.82, 2.24) is 0 Å². The molecule has 1 aromatic rings. The van der Waals surface area contributed by atoms with Gasteiger partial charge >= 0.3 is 0 Å². The Balaban J connectivity index is 2.72. The topological polar surface area (TPSA) is 77.2 Å². The zero-order chi connectivity index (χ0) is 13.8. The van der Waals surface area contributed by atoms with Crippen LogP contribution in [-0.2, 0) is 32.9 Å². The second-order valence-electron chi connectivity index (χ2n) is 4.04. The van der Waals surface area contributed by atoms with E-state index in [1.54, 1.807) is 6.07 Å². The molecular formula is C11H16FNO3S2. The predicted molar refractivity (Wildman–Crippen MR) is 70.7 cm³/mol. The third kappa shape index (κ3) is 5.24. The van der Waals surface area contributed by atoms with E-state index in [9.17, 15) is 17.0 Å². The standard InChI is InChI=1S/C11H16FNO3S2/c1-18(15,16)5-4-17(14)8-10-6-11(12)3-2-9(10)7-13/h2-3,6H,4-5,7-8,13H2,1H3. The van der Waals surface area contributed by atoms with E-state index in [0.717, 1.165) is 11.8 Å². The third-order valence-corrected chi connectivity index (χ3v) is 4.88. The molecule has 0 aliphatic heterocycles. The summed E-state index contributed by atoms with van der Waals surface area (Å²) in [5.74, 6) is -0.367. The minimum Gasteiger partial charge on any atom is -0.326 e. The van der Waals surface area contributed by atoms with Crippen LogP contribution in [0.2, 0.25) is 0 Å². The molecule has 1 rings (SSSR count). The lowest BCUT2D eigenvalue weighted by Gasteiger charge is -2.07. The van der Waals surface area contributed by atoms with E-state index >= 15 is 0 Å². The lowest BCUT2D eigenvalue weighted by Crippen LogP contribution is -2.14. The highest BCUT2D eigenvalue weighted by Crippen LogP contribution is 2.13. The summed E-state index contributed by atoms with van der Waals surface area (Å²) >= 11 is 0. The fraction of sp³-hybridized carbons (Fsp3) is 0.455. The SMILES string of the molecule is CS(=O)(=O)CCS(=O)Cc1cc(F)ccc1CN. The molecule has 0 aliphatic carbocycles. The van der Waals surface area contributed by atoms with E-state index in [4.69, 9.17) is 5.73 Å². The predicted octanol–water partition coefficient (Wildman–Crippen LogP) is 0.578. The van der Waals surface area contributed by atoms with Crippen molar-refractivity contribution >= 4 is 20.6 Å². The fourth-order valence-electron chi connectivity index (χ4n) is 1.42. The molecule has 0 aliphatic rings. The molecule has 0 saturated heterocycles. The van der Waals surface area contributed by atoms with Gasteiger partial charge in [-0.05, 0) is 23.3 Å². The average molecular weight is 293 g/mol. The molecule has 0 aromatic heterocycles. The van der Waals surface area contributed by atoms with Gasteiger partial charge in [0.2, 0.25) is 0 Å². The van der Waals surface area contributed by atoms with E-state index in [-0.39, 0.29) is 23.8 Å². The fourth-order valence-corrected chi connectivity index (χ4v) is 4.13. The van der Waals surface area contributed by atoms with Gasteiger partial charge in [-0.15, -0.1) is 0 Å². The molecule has 0 saturated carbocycles. The van der Waals surface area contributed by atoms with Gasteiger partial charge in [0.15, 0.2) is 0 Å². The molecule has 1 aromatic carbocycles. The number of nitrogens with two attached hydrogens (primary N) is 1. The summed E-state index contributed by atoms with van der Waals surface area (Å²) in [5.41, 5.74) is 6.80. The summed E-state index contributed by atoms with van der Waals surface area (Å²) in [5, 5.41) is 0. The lowest BCUT2D eigenvalue weighted by atomic mass is 10.1. The van der Waals surface area contributed by atoms with Crippen LogP contribution in [0.25, 0.3) is 0 Å². The molecule has 2 N–H and O–H groups in total. The first-order valence-corrected chi connectivity index (χ1v) is 8.87. The van der Waals surface area contributed by atoms with Crippen molar-refractivity contribution in [2.45, 2.75) is 12.3 Å². The maximum absolute atomic E-state index is 13.1. The Labute approximate surface area is 109 Å². The minimum absolute atomic E-state index is 0.0549. The molecule has 0 radical (unpaired) electrons. The third-order valence-electron chi connectivity index (χ3n) is 2.39.